The smallest absolute Gasteiger partial charge is 0.433 e. The second-order valence-corrected chi connectivity index (χ2v) is 4.91. The third kappa shape index (κ3) is 5.03. The van der Waals surface area contributed by atoms with E-state index >= 15 is 0 Å². The molecule has 1 aromatic heterocycles. The highest BCUT2D eigenvalue weighted by atomic mass is 35.5. The Hall–Kier alpha value is -1.54. The van der Waals surface area contributed by atoms with Crippen LogP contribution in [0.4, 0.5) is 13.2 Å². The van der Waals surface area contributed by atoms with Crippen LogP contribution >= 0.6 is 12.4 Å². The maximum Gasteiger partial charge on any atom is 0.433 e. The van der Waals surface area contributed by atoms with Crippen molar-refractivity contribution < 1.29 is 27.8 Å². The number of halogens is 4. The fraction of sp³-hybridized carbons (Fsp3) is 0.538. The molecule has 0 bridgehead atoms. The van der Waals surface area contributed by atoms with Gasteiger partial charge in [0.15, 0.2) is 0 Å². The Labute approximate surface area is 131 Å². The number of hydrogen-bond acceptors (Lipinski definition) is 4. The van der Waals surface area contributed by atoms with E-state index < -0.39 is 23.4 Å². The molecule has 1 fully saturated rings. The van der Waals surface area contributed by atoms with Gasteiger partial charge in [0, 0.05) is 18.5 Å². The molecule has 0 unspecified atom stereocenters. The van der Waals surface area contributed by atoms with Gasteiger partial charge in [-0.15, -0.1) is 12.4 Å². The third-order valence-electron chi connectivity index (χ3n) is 3.21. The number of alkyl halides is 3. The number of hydrogen-bond donors (Lipinski definition) is 2. The lowest BCUT2D eigenvalue weighted by Gasteiger charge is -2.22. The zero-order valence-corrected chi connectivity index (χ0v) is 12.3. The summed E-state index contributed by atoms with van der Waals surface area (Å²) in [6.45, 7) is 1.85. The Morgan fingerprint density at radius 1 is 1.45 bits per heavy atom. The van der Waals surface area contributed by atoms with Gasteiger partial charge in [0.1, 0.15) is 5.69 Å². The lowest BCUT2D eigenvalue weighted by atomic mass is 10.0. The summed E-state index contributed by atoms with van der Waals surface area (Å²) in [5.74, 6) is -1.58. The molecule has 0 aromatic carbocycles. The Balaban J connectivity index is 0.00000242. The molecule has 1 aliphatic heterocycles. The molecule has 2 N–H and O–H groups in total. The van der Waals surface area contributed by atoms with E-state index in [2.05, 4.69) is 10.3 Å². The van der Waals surface area contributed by atoms with Crippen LogP contribution in [0.3, 0.4) is 0 Å². The average molecular weight is 341 g/mol. The van der Waals surface area contributed by atoms with Gasteiger partial charge in [0.25, 0.3) is 0 Å². The van der Waals surface area contributed by atoms with Crippen LogP contribution in [0.2, 0.25) is 0 Å². The third-order valence-corrected chi connectivity index (χ3v) is 3.21. The van der Waals surface area contributed by atoms with Gasteiger partial charge in [-0.05, 0) is 25.5 Å². The number of ether oxygens (including phenoxy) is 1. The highest BCUT2D eigenvalue weighted by Gasteiger charge is 2.34. The number of nitrogens with zero attached hydrogens (tertiary/aromatic N) is 1. The quantitative estimate of drug-likeness (QED) is 0.881. The van der Waals surface area contributed by atoms with Crippen molar-refractivity contribution in [1.29, 1.82) is 0 Å². The molecule has 9 heteroatoms. The minimum atomic E-state index is -4.71. The van der Waals surface area contributed by atoms with Crippen LogP contribution in [-0.4, -0.2) is 35.8 Å². The zero-order valence-electron chi connectivity index (χ0n) is 11.5. The number of carbonyl (C=O) groups is 1. The summed E-state index contributed by atoms with van der Waals surface area (Å²) in [7, 11) is 0. The van der Waals surface area contributed by atoms with Crippen LogP contribution in [0, 0.1) is 5.92 Å². The molecule has 0 saturated carbocycles. The van der Waals surface area contributed by atoms with E-state index in [0.717, 1.165) is 32.0 Å². The summed E-state index contributed by atoms with van der Waals surface area (Å²) in [6.07, 6.45) is -2.82. The van der Waals surface area contributed by atoms with Crippen molar-refractivity contribution in [3.8, 4) is 5.88 Å². The van der Waals surface area contributed by atoms with E-state index in [1.807, 2.05) is 0 Å². The Morgan fingerprint density at radius 2 is 2.18 bits per heavy atom. The number of piperidine rings is 1. The molecule has 1 aromatic rings. The van der Waals surface area contributed by atoms with Gasteiger partial charge >= 0.3 is 12.1 Å². The normalized spacial score (nSPS) is 18.4. The van der Waals surface area contributed by atoms with E-state index in [-0.39, 0.29) is 30.8 Å². The first-order valence-electron chi connectivity index (χ1n) is 6.52. The molecule has 124 valence electrons. The SMILES string of the molecule is Cl.O=C(O)c1cc(OC[C@H]2CCCNC2)nc(C(F)(F)F)c1. The minimum Gasteiger partial charge on any atom is -0.478 e. The van der Waals surface area contributed by atoms with Gasteiger partial charge in [-0.25, -0.2) is 9.78 Å². The van der Waals surface area contributed by atoms with Crippen molar-refractivity contribution in [2.75, 3.05) is 19.7 Å². The van der Waals surface area contributed by atoms with Crippen LogP contribution in [0.25, 0.3) is 0 Å². The summed E-state index contributed by atoms with van der Waals surface area (Å²) >= 11 is 0. The van der Waals surface area contributed by atoms with Gasteiger partial charge in [-0.1, -0.05) is 0 Å². The number of pyridine rings is 1. The molecular weight excluding hydrogens is 325 g/mol. The van der Waals surface area contributed by atoms with E-state index in [1.54, 1.807) is 0 Å². The van der Waals surface area contributed by atoms with Crippen molar-refractivity contribution in [2.45, 2.75) is 19.0 Å². The fourth-order valence-corrected chi connectivity index (χ4v) is 2.12. The number of nitrogens with one attached hydrogen (secondary N) is 1. The highest BCUT2D eigenvalue weighted by molar-refractivity contribution is 5.88. The second-order valence-electron chi connectivity index (χ2n) is 4.91. The Morgan fingerprint density at radius 3 is 2.73 bits per heavy atom. The lowest BCUT2D eigenvalue weighted by molar-refractivity contribution is -0.141. The average Bonchev–Trinajstić information content (AvgIpc) is 2.45. The van der Waals surface area contributed by atoms with Gasteiger partial charge in [-0.3, -0.25) is 0 Å². The van der Waals surface area contributed by atoms with E-state index in [4.69, 9.17) is 9.84 Å². The number of rotatable bonds is 4. The monoisotopic (exact) mass is 340 g/mol. The largest absolute Gasteiger partial charge is 0.478 e. The van der Waals surface area contributed by atoms with Crippen LogP contribution in [0.15, 0.2) is 12.1 Å². The molecule has 1 atom stereocenters. The van der Waals surface area contributed by atoms with E-state index in [1.165, 1.54) is 0 Å². The molecule has 0 amide bonds. The Kier molecular flexibility index (Phi) is 6.43. The topological polar surface area (TPSA) is 71.5 Å². The van der Waals surface area contributed by atoms with E-state index in [9.17, 15) is 18.0 Å². The van der Waals surface area contributed by atoms with Gasteiger partial charge in [-0.2, -0.15) is 13.2 Å². The predicted molar refractivity (Wildman–Crippen MR) is 74.5 cm³/mol. The van der Waals surface area contributed by atoms with Gasteiger partial charge in [0.05, 0.1) is 12.2 Å². The fourth-order valence-electron chi connectivity index (χ4n) is 2.12. The molecule has 1 aliphatic rings. The number of carboxylic acid groups (broad SMARTS) is 1. The minimum absolute atomic E-state index is 0. The van der Waals surface area contributed by atoms with E-state index in [0.29, 0.717) is 6.07 Å². The van der Waals surface area contributed by atoms with Crippen molar-refractivity contribution in [1.82, 2.24) is 10.3 Å². The Bertz CT molecular complexity index is 520. The summed E-state index contributed by atoms with van der Waals surface area (Å²) < 4.78 is 43.3. The molecular formula is C13H16ClF3N2O3. The second kappa shape index (κ2) is 7.64. The first kappa shape index (κ1) is 18.5. The number of aromatic nitrogens is 1. The molecule has 0 aliphatic carbocycles. The zero-order chi connectivity index (χ0) is 15.5. The first-order valence-corrected chi connectivity index (χ1v) is 6.52. The summed E-state index contributed by atoms with van der Waals surface area (Å²) in [4.78, 5) is 14.2. The maximum absolute atomic E-state index is 12.7. The molecule has 22 heavy (non-hydrogen) atoms. The van der Waals surface area contributed by atoms with Gasteiger partial charge < -0.3 is 15.2 Å². The summed E-state index contributed by atoms with van der Waals surface area (Å²) in [5.41, 5.74) is -1.76. The van der Waals surface area contributed by atoms with Crippen LogP contribution in [0.5, 0.6) is 5.88 Å². The van der Waals surface area contributed by atoms with Crippen molar-refractivity contribution in [2.24, 2.45) is 5.92 Å². The molecule has 0 spiro atoms. The van der Waals surface area contributed by atoms with Crippen LogP contribution in [0.1, 0.15) is 28.9 Å². The maximum atomic E-state index is 12.7. The molecule has 2 heterocycles. The van der Waals surface area contributed by atoms with Gasteiger partial charge in [0.2, 0.25) is 5.88 Å². The number of aromatic carboxylic acids is 1. The van der Waals surface area contributed by atoms with Crippen LogP contribution < -0.4 is 10.1 Å². The molecule has 5 nitrogen and oxygen atoms in total. The standard InChI is InChI=1S/C13H15F3N2O3.ClH/c14-13(15,16)10-4-9(12(19)20)5-11(18-10)21-7-8-2-1-3-17-6-8;/h4-5,8,17H,1-3,6-7H2,(H,19,20);1H/t8-;/m0./s1. The highest BCUT2D eigenvalue weighted by Crippen LogP contribution is 2.30. The van der Waals surface area contributed by atoms with Crippen LogP contribution in [-0.2, 0) is 6.18 Å². The molecule has 1 saturated heterocycles. The first-order chi connectivity index (χ1) is 9.86. The summed E-state index contributed by atoms with van der Waals surface area (Å²) in [5, 5.41) is 12.0. The van der Waals surface area contributed by atoms with Crippen molar-refractivity contribution in [3.05, 3.63) is 23.4 Å². The lowest BCUT2D eigenvalue weighted by Crippen LogP contribution is -2.33. The predicted octanol–water partition coefficient (Wildman–Crippen LogP) is 2.60. The van der Waals surface area contributed by atoms with Crippen molar-refractivity contribution >= 4 is 18.4 Å². The van der Waals surface area contributed by atoms with Crippen molar-refractivity contribution in [3.63, 3.8) is 0 Å². The summed E-state index contributed by atoms with van der Waals surface area (Å²) in [6, 6.07) is 1.51. The molecule has 0 radical (unpaired) electrons. The molecule has 2 rings (SSSR count). The number of carboxylic acids is 1.